The molecule has 0 radical (unpaired) electrons. The Morgan fingerprint density at radius 3 is 2.26 bits per heavy atom. The summed E-state index contributed by atoms with van der Waals surface area (Å²) in [7, 11) is -2.49. The normalized spacial score (nSPS) is 12.0. The van der Waals surface area contributed by atoms with Crippen LogP contribution in [0.5, 0.6) is 0 Å². The number of methoxy groups -OCH3 is 1. The van der Waals surface area contributed by atoms with Gasteiger partial charge in [0.2, 0.25) is 5.91 Å². The van der Waals surface area contributed by atoms with Crippen molar-refractivity contribution in [3.05, 3.63) is 58.6 Å². The molecule has 1 unspecified atom stereocenters. The number of nitrogens with one attached hydrogen (secondary N) is 2. The van der Waals surface area contributed by atoms with E-state index in [-0.39, 0.29) is 51.3 Å². The smallest absolute Gasteiger partial charge is 0.413 e. The minimum absolute atomic E-state index is 0.00279. The Morgan fingerprint density at radius 1 is 1.02 bits per heavy atom. The minimum Gasteiger partial charge on any atom is -0.467 e. The minimum atomic E-state index is -3.62. The number of benzene rings is 1. The van der Waals surface area contributed by atoms with Crippen LogP contribution in [0.2, 0.25) is 0 Å². The van der Waals surface area contributed by atoms with Crippen LogP contribution in [0.4, 0.5) is 15.4 Å². The lowest BCUT2D eigenvalue weighted by molar-refractivity contribution is -0.153. The Balaban J connectivity index is 2.23. The Hall–Kier alpha value is -4.27. The van der Waals surface area contributed by atoms with Gasteiger partial charge >= 0.3 is 31.4 Å². The lowest BCUT2D eigenvalue weighted by Gasteiger charge is -2.31. The van der Waals surface area contributed by atoms with Gasteiger partial charge in [-0.05, 0) is 52.7 Å². The predicted molar refractivity (Wildman–Crippen MR) is 171 cm³/mol. The van der Waals surface area contributed by atoms with Crippen LogP contribution < -0.4 is 16.3 Å². The molecule has 2 rings (SSSR count). The quantitative estimate of drug-likeness (QED) is 0.140. The van der Waals surface area contributed by atoms with Gasteiger partial charge in [-0.1, -0.05) is 30.3 Å². The molecular formula is C30H44N5O11P. The van der Waals surface area contributed by atoms with Gasteiger partial charge < -0.3 is 33.5 Å². The van der Waals surface area contributed by atoms with Gasteiger partial charge in [0.15, 0.2) is 0 Å². The maximum Gasteiger partial charge on any atom is 0.413 e. The number of aromatic nitrogens is 2. The summed E-state index contributed by atoms with van der Waals surface area (Å²) in [4.78, 5) is 68.7. The molecular weight excluding hydrogens is 637 g/mol. The van der Waals surface area contributed by atoms with Gasteiger partial charge in [0.25, 0.3) is 0 Å². The summed E-state index contributed by atoms with van der Waals surface area (Å²) in [5, 5.41) is 4.89. The van der Waals surface area contributed by atoms with Crippen LogP contribution >= 0.6 is 7.60 Å². The van der Waals surface area contributed by atoms with Crippen LogP contribution in [0.1, 0.15) is 46.6 Å². The number of hydrogen-bond donors (Lipinski definition) is 2. The molecule has 0 bridgehead atoms. The summed E-state index contributed by atoms with van der Waals surface area (Å²) in [5.41, 5.74) is -0.890. The summed E-state index contributed by atoms with van der Waals surface area (Å²) in [6.45, 7) is 7.61. The summed E-state index contributed by atoms with van der Waals surface area (Å²) in [6.07, 6.45) is -0.746. The molecule has 0 spiro atoms. The van der Waals surface area contributed by atoms with Crippen molar-refractivity contribution in [2.45, 2.75) is 65.8 Å². The maximum absolute atomic E-state index is 13.7. The zero-order valence-corrected chi connectivity index (χ0v) is 28.4. The Kier molecular flexibility index (Phi) is 15.5. The second kappa shape index (κ2) is 18.8. The standard InChI is InChI=1S/C30H44N5O11P/c1-7-44-47(41,45-8-2)19-15-23(26(37)42-6)35(18-16-31-28(39)46-30(3,4)5)25(36)20-34-17-14-24(32-27(34)38)33-29(40)43-21-22-12-10-9-11-13-22/h9-14,17,23H,7-8,15-16,18-21H2,1-6H3,(H,31,39)(H,32,33,38,40). The predicted octanol–water partition coefficient (Wildman–Crippen LogP) is 3.54. The van der Waals surface area contributed by atoms with Crippen molar-refractivity contribution in [1.82, 2.24) is 19.8 Å². The van der Waals surface area contributed by atoms with Gasteiger partial charge in [0, 0.05) is 19.3 Å². The number of esters is 1. The fraction of sp³-hybridized carbons (Fsp3) is 0.533. The second-order valence-corrected chi connectivity index (χ2v) is 13.1. The monoisotopic (exact) mass is 681 g/mol. The fourth-order valence-electron chi connectivity index (χ4n) is 4.14. The van der Waals surface area contributed by atoms with Crippen LogP contribution in [0, 0.1) is 0 Å². The molecule has 1 aromatic heterocycles. The zero-order valence-electron chi connectivity index (χ0n) is 27.6. The van der Waals surface area contributed by atoms with Crippen molar-refractivity contribution < 1.29 is 47.0 Å². The van der Waals surface area contributed by atoms with E-state index in [1.807, 2.05) is 6.07 Å². The van der Waals surface area contributed by atoms with Gasteiger partial charge in [-0.3, -0.25) is 19.2 Å². The summed E-state index contributed by atoms with van der Waals surface area (Å²) >= 11 is 0. The first-order chi connectivity index (χ1) is 22.2. The van der Waals surface area contributed by atoms with Crippen molar-refractivity contribution in [2.75, 3.05) is 44.9 Å². The summed E-state index contributed by atoms with van der Waals surface area (Å²) in [5.74, 6) is -1.65. The molecule has 47 heavy (non-hydrogen) atoms. The second-order valence-electron chi connectivity index (χ2n) is 10.9. The van der Waals surface area contributed by atoms with E-state index in [9.17, 15) is 28.5 Å². The number of hydrogen-bond acceptors (Lipinski definition) is 12. The van der Waals surface area contributed by atoms with E-state index in [1.54, 1.807) is 58.9 Å². The third kappa shape index (κ3) is 13.9. The lowest BCUT2D eigenvalue weighted by atomic mass is 10.2. The lowest BCUT2D eigenvalue weighted by Crippen LogP contribution is -2.51. The Morgan fingerprint density at radius 2 is 1.68 bits per heavy atom. The Bertz CT molecular complexity index is 1440. The van der Waals surface area contributed by atoms with Crippen molar-refractivity contribution in [3.8, 4) is 0 Å². The van der Waals surface area contributed by atoms with Crippen molar-refractivity contribution in [2.24, 2.45) is 0 Å². The molecule has 260 valence electrons. The molecule has 2 aromatic rings. The number of anilines is 1. The summed E-state index contributed by atoms with van der Waals surface area (Å²) < 4.78 is 40.1. The molecule has 1 atom stereocenters. The molecule has 1 aromatic carbocycles. The van der Waals surface area contributed by atoms with Crippen molar-refractivity contribution >= 4 is 37.5 Å². The molecule has 17 heteroatoms. The van der Waals surface area contributed by atoms with E-state index in [0.29, 0.717) is 0 Å². The van der Waals surface area contributed by atoms with Crippen LogP contribution in [0.3, 0.4) is 0 Å². The van der Waals surface area contributed by atoms with Gasteiger partial charge in [0.05, 0.1) is 26.5 Å². The van der Waals surface area contributed by atoms with Gasteiger partial charge in [-0.15, -0.1) is 0 Å². The van der Waals surface area contributed by atoms with E-state index in [1.165, 1.54) is 12.3 Å². The molecule has 0 saturated heterocycles. The fourth-order valence-corrected chi connectivity index (χ4v) is 5.82. The molecule has 0 fully saturated rings. The molecule has 0 saturated carbocycles. The number of rotatable bonds is 17. The van der Waals surface area contributed by atoms with Gasteiger partial charge in [-0.2, -0.15) is 4.98 Å². The topological polar surface area (TPSA) is 194 Å². The first-order valence-electron chi connectivity index (χ1n) is 15.0. The van der Waals surface area contributed by atoms with Crippen molar-refractivity contribution in [3.63, 3.8) is 0 Å². The molecule has 0 aliphatic carbocycles. The third-order valence-electron chi connectivity index (χ3n) is 6.14. The van der Waals surface area contributed by atoms with Gasteiger partial charge in [0.1, 0.15) is 30.6 Å². The maximum atomic E-state index is 13.7. The third-order valence-corrected chi connectivity index (χ3v) is 8.25. The number of amides is 3. The number of carbonyl (C=O) groups is 4. The molecule has 16 nitrogen and oxygen atoms in total. The molecule has 2 N–H and O–H groups in total. The highest BCUT2D eigenvalue weighted by Crippen LogP contribution is 2.49. The highest BCUT2D eigenvalue weighted by Gasteiger charge is 2.34. The number of alkyl carbamates (subject to hydrolysis) is 1. The molecule has 0 aliphatic heterocycles. The summed E-state index contributed by atoms with van der Waals surface area (Å²) in [6, 6.07) is 8.99. The van der Waals surface area contributed by atoms with E-state index in [2.05, 4.69) is 15.6 Å². The molecule has 1 heterocycles. The zero-order chi connectivity index (χ0) is 35.0. The average Bonchev–Trinajstić information content (AvgIpc) is 3.00. The number of ether oxygens (including phenoxy) is 3. The van der Waals surface area contributed by atoms with E-state index in [4.69, 9.17) is 23.3 Å². The number of carbonyl (C=O) groups excluding carboxylic acids is 4. The van der Waals surface area contributed by atoms with Crippen LogP contribution in [0.25, 0.3) is 0 Å². The van der Waals surface area contributed by atoms with Crippen LogP contribution in [0.15, 0.2) is 47.4 Å². The van der Waals surface area contributed by atoms with Crippen molar-refractivity contribution in [1.29, 1.82) is 0 Å². The highest BCUT2D eigenvalue weighted by atomic mass is 31.2. The Labute approximate surface area is 273 Å². The van der Waals surface area contributed by atoms with Crippen LogP contribution in [-0.2, 0) is 50.6 Å². The van der Waals surface area contributed by atoms with Crippen LogP contribution in [-0.4, -0.2) is 89.7 Å². The number of nitrogens with zero attached hydrogens (tertiary/aromatic N) is 3. The molecule has 3 amide bonds. The SMILES string of the molecule is CCOP(=O)(CCC(C(=O)OC)N(CCNC(=O)OC(C)(C)C)C(=O)Cn1ccc(NC(=O)OCc2ccccc2)nc1=O)OCC. The van der Waals surface area contributed by atoms with E-state index < -0.39 is 55.5 Å². The van der Waals surface area contributed by atoms with E-state index >= 15 is 0 Å². The first kappa shape index (κ1) is 38.9. The highest BCUT2D eigenvalue weighted by molar-refractivity contribution is 7.53. The molecule has 0 aliphatic rings. The van der Waals surface area contributed by atoms with E-state index in [0.717, 1.165) is 22.1 Å². The first-order valence-corrected chi connectivity index (χ1v) is 16.7. The van der Waals surface area contributed by atoms with Gasteiger partial charge in [-0.25, -0.2) is 19.2 Å². The largest absolute Gasteiger partial charge is 0.467 e. The average molecular weight is 682 g/mol.